The summed E-state index contributed by atoms with van der Waals surface area (Å²) in [5.41, 5.74) is 14.5. The molecule has 1 heterocycles. The van der Waals surface area contributed by atoms with Gasteiger partial charge in [-0.15, -0.1) is 23.1 Å². The predicted molar refractivity (Wildman–Crippen MR) is 106 cm³/mol. The first-order chi connectivity index (χ1) is 12.5. The maximum absolute atomic E-state index is 12.2. The average Bonchev–Trinajstić information content (AvgIpc) is 3.11. The van der Waals surface area contributed by atoms with Crippen LogP contribution in [-0.4, -0.2) is 35.1 Å². The van der Waals surface area contributed by atoms with E-state index in [4.69, 9.17) is 11.5 Å². The van der Waals surface area contributed by atoms with E-state index in [0.29, 0.717) is 23.5 Å². The van der Waals surface area contributed by atoms with Gasteiger partial charge < -0.3 is 22.1 Å². The van der Waals surface area contributed by atoms with E-state index in [0.717, 1.165) is 5.69 Å². The summed E-state index contributed by atoms with van der Waals surface area (Å²) in [4.78, 5) is 31.7. The maximum Gasteiger partial charge on any atom is 0.251 e. The Morgan fingerprint density at radius 1 is 1.38 bits per heavy atom. The van der Waals surface area contributed by atoms with E-state index in [-0.39, 0.29) is 23.1 Å². The number of nitrogens with zero attached hydrogens (tertiary/aromatic N) is 2. The highest BCUT2D eigenvalue weighted by Gasteiger charge is 2.13. The van der Waals surface area contributed by atoms with Crippen LogP contribution >= 0.6 is 23.1 Å². The lowest BCUT2D eigenvalue weighted by atomic mass is 10.2. The third kappa shape index (κ3) is 6.37. The standard InChI is InChI=1S/C16H20N6O2S2/c1-10(23)21-12-4-2-3-11(7-12)14(24)19-5-6-26-15(22-16(17)18)13-8-25-9-20-13/h2-4,7-9,15H,5-6H2,1H3,(H,19,24)(H,21,23)(H4,17,18,22). The molecule has 0 aliphatic heterocycles. The van der Waals surface area contributed by atoms with Gasteiger partial charge in [0, 0.05) is 35.9 Å². The minimum absolute atomic E-state index is 0.00526. The molecule has 8 nitrogen and oxygen atoms in total. The molecule has 0 aliphatic carbocycles. The van der Waals surface area contributed by atoms with Crippen molar-refractivity contribution in [1.82, 2.24) is 10.3 Å². The van der Waals surface area contributed by atoms with Crippen molar-refractivity contribution >= 4 is 46.6 Å². The quantitative estimate of drug-likeness (QED) is 0.306. The van der Waals surface area contributed by atoms with Crippen molar-refractivity contribution in [3.63, 3.8) is 0 Å². The summed E-state index contributed by atoms with van der Waals surface area (Å²) in [7, 11) is 0. The largest absolute Gasteiger partial charge is 0.370 e. The smallest absolute Gasteiger partial charge is 0.251 e. The zero-order valence-electron chi connectivity index (χ0n) is 14.1. The van der Waals surface area contributed by atoms with Crippen LogP contribution < -0.4 is 22.1 Å². The maximum atomic E-state index is 12.2. The molecular weight excluding hydrogens is 372 g/mol. The second-order valence-electron chi connectivity index (χ2n) is 5.21. The Labute approximate surface area is 159 Å². The van der Waals surface area contributed by atoms with E-state index in [9.17, 15) is 9.59 Å². The van der Waals surface area contributed by atoms with Crippen molar-refractivity contribution in [3.8, 4) is 0 Å². The number of thioether (sulfide) groups is 1. The fourth-order valence-corrected chi connectivity index (χ4v) is 3.64. The number of benzene rings is 1. The van der Waals surface area contributed by atoms with Crippen molar-refractivity contribution in [3.05, 3.63) is 46.4 Å². The fraction of sp³-hybridized carbons (Fsp3) is 0.250. The number of nitrogens with one attached hydrogen (secondary N) is 2. The summed E-state index contributed by atoms with van der Waals surface area (Å²) in [6, 6.07) is 6.75. The Balaban J connectivity index is 1.86. The van der Waals surface area contributed by atoms with Crippen molar-refractivity contribution in [2.24, 2.45) is 16.5 Å². The van der Waals surface area contributed by atoms with Crippen LogP contribution in [0.2, 0.25) is 0 Å². The summed E-state index contributed by atoms with van der Waals surface area (Å²) >= 11 is 2.95. The number of guanidine groups is 1. The fourth-order valence-electron chi connectivity index (χ4n) is 2.05. The van der Waals surface area contributed by atoms with Gasteiger partial charge in [0.05, 0.1) is 11.2 Å². The molecule has 138 valence electrons. The van der Waals surface area contributed by atoms with Crippen LogP contribution in [0.1, 0.15) is 28.3 Å². The predicted octanol–water partition coefficient (Wildman–Crippen LogP) is 1.54. The second kappa shape index (κ2) is 9.78. The van der Waals surface area contributed by atoms with Gasteiger partial charge in [-0.2, -0.15) is 0 Å². The molecule has 0 saturated carbocycles. The van der Waals surface area contributed by atoms with Gasteiger partial charge in [0.2, 0.25) is 5.91 Å². The van der Waals surface area contributed by atoms with Gasteiger partial charge in [-0.3, -0.25) is 9.59 Å². The second-order valence-corrected chi connectivity index (χ2v) is 7.12. The summed E-state index contributed by atoms with van der Waals surface area (Å²) in [5, 5.41) is 7.07. The Morgan fingerprint density at radius 2 is 2.19 bits per heavy atom. The molecular formula is C16H20N6O2S2. The van der Waals surface area contributed by atoms with Crippen LogP contribution in [-0.2, 0) is 4.79 Å². The molecule has 6 N–H and O–H groups in total. The molecule has 26 heavy (non-hydrogen) atoms. The number of hydrogen-bond acceptors (Lipinski definition) is 6. The SMILES string of the molecule is CC(=O)Nc1cccc(C(=O)NCCSC(N=C(N)N)c2cscn2)c1. The van der Waals surface area contributed by atoms with E-state index in [1.165, 1.54) is 30.0 Å². The van der Waals surface area contributed by atoms with Crippen LogP contribution in [0.3, 0.4) is 0 Å². The van der Waals surface area contributed by atoms with Crippen LogP contribution in [0.4, 0.5) is 5.69 Å². The Bertz CT molecular complexity index is 775. The Hall–Kier alpha value is -2.59. The Morgan fingerprint density at radius 3 is 2.85 bits per heavy atom. The number of aromatic nitrogens is 1. The van der Waals surface area contributed by atoms with Crippen LogP contribution in [0.15, 0.2) is 40.1 Å². The zero-order valence-corrected chi connectivity index (χ0v) is 15.8. The lowest BCUT2D eigenvalue weighted by molar-refractivity contribution is -0.114. The molecule has 1 aromatic heterocycles. The molecule has 0 spiro atoms. The zero-order chi connectivity index (χ0) is 18.9. The molecule has 10 heteroatoms. The lowest BCUT2D eigenvalue weighted by Gasteiger charge is -2.11. The molecule has 1 unspecified atom stereocenters. The van der Waals surface area contributed by atoms with E-state index < -0.39 is 0 Å². The first-order valence-electron chi connectivity index (χ1n) is 7.70. The van der Waals surface area contributed by atoms with E-state index in [2.05, 4.69) is 20.6 Å². The summed E-state index contributed by atoms with van der Waals surface area (Å²) in [6.45, 7) is 1.85. The number of hydrogen-bond donors (Lipinski definition) is 4. The molecule has 0 radical (unpaired) electrons. The summed E-state index contributed by atoms with van der Waals surface area (Å²) in [5.74, 6) is 0.196. The third-order valence-corrected chi connectivity index (χ3v) is 4.79. The van der Waals surface area contributed by atoms with Gasteiger partial charge in [-0.05, 0) is 18.2 Å². The van der Waals surface area contributed by atoms with E-state index in [1.54, 1.807) is 29.8 Å². The number of rotatable bonds is 8. The van der Waals surface area contributed by atoms with Gasteiger partial charge in [-0.1, -0.05) is 6.07 Å². The van der Waals surface area contributed by atoms with Gasteiger partial charge in [0.25, 0.3) is 5.91 Å². The van der Waals surface area contributed by atoms with E-state index in [1.807, 2.05) is 5.38 Å². The Kier molecular flexibility index (Phi) is 7.42. The number of carbonyl (C=O) groups is 2. The molecule has 1 atom stereocenters. The number of thiazole rings is 1. The number of carbonyl (C=O) groups excluding carboxylic acids is 2. The van der Waals surface area contributed by atoms with Gasteiger partial charge in [-0.25, -0.2) is 9.98 Å². The van der Waals surface area contributed by atoms with Gasteiger partial charge in [0.15, 0.2) is 5.96 Å². The van der Waals surface area contributed by atoms with Gasteiger partial charge in [0.1, 0.15) is 5.37 Å². The first-order valence-corrected chi connectivity index (χ1v) is 9.69. The molecule has 2 rings (SSSR count). The monoisotopic (exact) mass is 392 g/mol. The van der Waals surface area contributed by atoms with Crippen molar-refractivity contribution in [1.29, 1.82) is 0 Å². The van der Waals surface area contributed by atoms with Crippen molar-refractivity contribution in [2.45, 2.75) is 12.3 Å². The van der Waals surface area contributed by atoms with Crippen molar-refractivity contribution < 1.29 is 9.59 Å². The van der Waals surface area contributed by atoms with Crippen LogP contribution in [0.5, 0.6) is 0 Å². The summed E-state index contributed by atoms with van der Waals surface area (Å²) in [6.07, 6.45) is 0. The first kappa shape index (κ1) is 19.7. The highest BCUT2D eigenvalue weighted by atomic mass is 32.2. The molecule has 0 saturated heterocycles. The lowest BCUT2D eigenvalue weighted by Crippen LogP contribution is -2.26. The molecule has 2 amide bonds. The van der Waals surface area contributed by atoms with Crippen molar-refractivity contribution in [2.75, 3.05) is 17.6 Å². The number of amides is 2. The molecule has 2 aromatic rings. The van der Waals surface area contributed by atoms with E-state index >= 15 is 0 Å². The molecule has 0 fully saturated rings. The number of nitrogens with two attached hydrogens (primary N) is 2. The molecule has 0 bridgehead atoms. The molecule has 0 aliphatic rings. The average molecular weight is 393 g/mol. The third-order valence-electron chi connectivity index (χ3n) is 3.08. The highest BCUT2D eigenvalue weighted by molar-refractivity contribution is 7.99. The number of anilines is 1. The van der Waals surface area contributed by atoms with Crippen LogP contribution in [0, 0.1) is 0 Å². The topological polar surface area (TPSA) is 135 Å². The van der Waals surface area contributed by atoms with Crippen LogP contribution in [0.25, 0.3) is 0 Å². The summed E-state index contributed by atoms with van der Waals surface area (Å²) < 4.78 is 0. The number of aliphatic imine (C=N–C) groups is 1. The highest BCUT2D eigenvalue weighted by Crippen LogP contribution is 2.29. The minimum atomic E-state index is -0.300. The minimum Gasteiger partial charge on any atom is -0.370 e. The van der Waals surface area contributed by atoms with Gasteiger partial charge >= 0.3 is 0 Å². The normalized spacial score (nSPS) is 11.4. The molecule has 1 aromatic carbocycles.